The minimum absolute atomic E-state index is 0.0576. The summed E-state index contributed by atoms with van der Waals surface area (Å²) in [5.74, 6) is 0.411. The number of carbonyl (C=O) groups is 1. The Hall–Kier alpha value is -2.87. The van der Waals surface area contributed by atoms with Crippen LogP contribution in [0.1, 0.15) is 5.56 Å². The Balaban J connectivity index is 1.78. The molecule has 0 saturated carbocycles. The molecule has 0 aliphatic carbocycles. The predicted octanol–water partition coefficient (Wildman–Crippen LogP) is 4.29. The van der Waals surface area contributed by atoms with E-state index in [1.807, 2.05) is 6.07 Å². The average molecular weight is 405 g/mol. The number of hydrogen-bond acceptors (Lipinski definition) is 5. The second-order valence-corrected chi connectivity index (χ2v) is 6.12. The van der Waals surface area contributed by atoms with Crippen LogP contribution in [0.15, 0.2) is 51.6 Å². The number of nitro groups is 1. The monoisotopic (exact) mass is 404 g/mol. The molecule has 0 atom stereocenters. The predicted molar refractivity (Wildman–Crippen MR) is 95.9 cm³/mol. The number of fused-ring (bicyclic) bond motifs is 1. The fraction of sp³-hybridized carbons (Fsp3) is 0.118. The van der Waals surface area contributed by atoms with E-state index >= 15 is 0 Å². The number of nitrogens with one attached hydrogen (secondary N) is 1. The van der Waals surface area contributed by atoms with Crippen LogP contribution < -0.4 is 10.1 Å². The molecule has 0 aliphatic rings. The first kappa shape index (κ1) is 17.0. The second-order valence-electron chi connectivity index (χ2n) is 5.27. The van der Waals surface area contributed by atoms with Gasteiger partial charge in [0.15, 0.2) is 0 Å². The van der Waals surface area contributed by atoms with Gasteiger partial charge in [0.25, 0.3) is 5.69 Å². The number of carbonyl (C=O) groups excluding carboxylic acids is 1. The maximum absolute atomic E-state index is 12.3. The second kappa shape index (κ2) is 6.94. The minimum atomic E-state index is -0.499. The zero-order valence-electron chi connectivity index (χ0n) is 13.1. The van der Waals surface area contributed by atoms with E-state index in [1.54, 1.807) is 19.2 Å². The summed E-state index contributed by atoms with van der Waals surface area (Å²) in [6.45, 7) is 0. The molecule has 1 heterocycles. The number of nitrogens with zero attached hydrogens (tertiary/aromatic N) is 1. The average Bonchev–Trinajstić information content (AvgIpc) is 2.98. The molecule has 8 heteroatoms. The summed E-state index contributed by atoms with van der Waals surface area (Å²) in [5.41, 5.74) is 1.79. The number of benzene rings is 2. The number of non-ortho nitro benzene ring substituents is 1. The Labute approximate surface area is 150 Å². The van der Waals surface area contributed by atoms with E-state index in [2.05, 4.69) is 21.2 Å². The molecule has 0 spiro atoms. The number of amides is 1. The van der Waals surface area contributed by atoms with Crippen LogP contribution in [-0.4, -0.2) is 17.9 Å². The molecule has 25 heavy (non-hydrogen) atoms. The van der Waals surface area contributed by atoms with Crippen molar-refractivity contribution in [3.8, 4) is 5.75 Å². The highest BCUT2D eigenvalue weighted by molar-refractivity contribution is 9.10. The first-order valence-corrected chi connectivity index (χ1v) is 8.05. The highest BCUT2D eigenvalue weighted by atomic mass is 79.9. The van der Waals surface area contributed by atoms with E-state index in [1.165, 1.54) is 24.5 Å². The Morgan fingerprint density at radius 2 is 2.12 bits per heavy atom. The van der Waals surface area contributed by atoms with Gasteiger partial charge in [-0.1, -0.05) is 0 Å². The van der Waals surface area contributed by atoms with E-state index in [0.29, 0.717) is 21.5 Å². The van der Waals surface area contributed by atoms with Crippen LogP contribution >= 0.6 is 15.9 Å². The molecule has 0 aliphatic heterocycles. The smallest absolute Gasteiger partial charge is 0.270 e. The quantitative estimate of drug-likeness (QED) is 0.505. The molecule has 7 nitrogen and oxygen atoms in total. The lowest BCUT2D eigenvalue weighted by Crippen LogP contribution is -2.14. The van der Waals surface area contributed by atoms with Gasteiger partial charge in [-0.3, -0.25) is 14.9 Å². The van der Waals surface area contributed by atoms with Gasteiger partial charge in [-0.25, -0.2) is 0 Å². The third-order valence-corrected chi connectivity index (χ3v) is 4.31. The number of furan rings is 1. The fourth-order valence-electron chi connectivity index (χ4n) is 2.41. The molecule has 1 N–H and O–H groups in total. The zero-order valence-corrected chi connectivity index (χ0v) is 14.7. The molecule has 2 aromatic carbocycles. The van der Waals surface area contributed by atoms with Gasteiger partial charge in [-0.15, -0.1) is 0 Å². The van der Waals surface area contributed by atoms with Crippen LogP contribution in [0.5, 0.6) is 5.75 Å². The van der Waals surface area contributed by atoms with E-state index in [0.717, 1.165) is 10.9 Å². The molecule has 0 saturated heterocycles. The van der Waals surface area contributed by atoms with Crippen molar-refractivity contribution in [2.24, 2.45) is 0 Å². The standard InChI is InChI=1S/C17H13BrN2O5/c1-24-12-3-5-16-13(8-12)10(9-25-16)6-17(21)19-15-4-2-11(20(22)23)7-14(15)18/h2-5,7-9H,6H2,1H3,(H,19,21). The molecule has 0 radical (unpaired) electrons. The van der Waals surface area contributed by atoms with Crippen LogP contribution in [0.3, 0.4) is 0 Å². The maximum Gasteiger partial charge on any atom is 0.270 e. The van der Waals surface area contributed by atoms with Gasteiger partial charge in [0.2, 0.25) is 5.91 Å². The van der Waals surface area contributed by atoms with E-state index in [-0.39, 0.29) is 18.0 Å². The Morgan fingerprint density at radius 3 is 2.80 bits per heavy atom. The van der Waals surface area contributed by atoms with Crippen molar-refractivity contribution < 1.29 is 18.9 Å². The molecule has 0 bridgehead atoms. The molecule has 3 rings (SSSR count). The summed E-state index contributed by atoms with van der Waals surface area (Å²) >= 11 is 3.23. The number of halogens is 1. The number of hydrogen-bond donors (Lipinski definition) is 1. The number of anilines is 1. The lowest BCUT2D eigenvalue weighted by Gasteiger charge is -2.07. The first-order chi connectivity index (χ1) is 12.0. The van der Waals surface area contributed by atoms with E-state index in [4.69, 9.17) is 9.15 Å². The van der Waals surface area contributed by atoms with Crippen molar-refractivity contribution in [1.29, 1.82) is 0 Å². The van der Waals surface area contributed by atoms with Gasteiger partial charge in [0.05, 0.1) is 30.4 Å². The molecule has 1 amide bonds. The normalized spacial score (nSPS) is 10.6. The Morgan fingerprint density at radius 1 is 1.32 bits per heavy atom. The van der Waals surface area contributed by atoms with Gasteiger partial charge < -0.3 is 14.5 Å². The first-order valence-electron chi connectivity index (χ1n) is 7.26. The largest absolute Gasteiger partial charge is 0.497 e. The fourth-order valence-corrected chi connectivity index (χ4v) is 2.88. The number of nitro benzene ring substituents is 1. The molecule has 1 aromatic heterocycles. The summed E-state index contributed by atoms with van der Waals surface area (Å²) in [4.78, 5) is 22.6. The number of ether oxygens (including phenoxy) is 1. The highest BCUT2D eigenvalue weighted by Gasteiger charge is 2.14. The number of methoxy groups -OCH3 is 1. The molecular weight excluding hydrogens is 392 g/mol. The minimum Gasteiger partial charge on any atom is -0.497 e. The van der Waals surface area contributed by atoms with Crippen LogP contribution in [0, 0.1) is 10.1 Å². The van der Waals surface area contributed by atoms with Crippen LogP contribution in [0.4, 0.5) is 11.4 Å². The SMILES string of the molecule is COc1ccc2occ(CC(=O)Nc3ccc([N+](=O)[O-])cc3Br)c2c1. The van der Waals surface area contributed by atoms with Crippen molar-refractivity contribution in [2.75, 3.05) is 12.4 Å². The maximum atomic E-state index is 12.3. The molecule has 128 valence electrons. The molecule has 0 unspecified atom stereocenters. The third kappa shape index (κ3) is 3.63. The summed E-state index contributed by atoms with van der Waals surface area (Å²) < 4.78 is 11.1. The lowest BCUT2D eigenvalue weighted by atomic mass is 10.1. The molecular formula is C17H13BrN2O5. The van der Waals surface area contributed by atoms with Crippen LogP contribution in [0.2, 0.25) is 0 Å². The third-order valence-electron chi connectivity index (χ3n) is 3.65. The van der Waals surface area contributed by atoms with Gasteiger partial charge in [0, 0.05) is 27.6 Å². The highest BCUT2D eigenvalue weighted by Crippen LogP contribution is 2.29. The summed E-state index contributed by atoms with van der Waals surface area (Å²) in [6, 6.07) is 9.53. The van der Waals surface area contributed by atoms with Crippen molar-refractivity contribution in [3.05, 3.63) is 62.8 Å². The Bertz CT molecular complexity index is 967. The van der Waals surface area contributed by atoms with Gasteiger partial charge in [0.1, 0.15) is 11.3 Å². The van der Waals surface area contributed by atoms with E-state index < -0.39 is 4.92 Å². The number of rotatable bonds is 5. The van der Waals surface area contributed by atoms with Crippen LogP contribution in [0.25, 0.3) is 11.0 Å². The van der Waals surface area contributed by atoms with Gasteiger partial charge >= 0.3 is 0 Å². The summed E-state index contributed by atoms with van der Waals surface area (Å²) in [5, 5.41) is 14.3. The summed E-state index contributed by atoms with van der Waals surface area (Å²) in [7, 11) is 1.57. The molecule has 0 fully saturated rings. The van der Waals surface area contributed by atoms with E-state index in [9.17, 15) is 14.9 Å². The lowest BCUT2D eigenvalue weighted by molar-refractivity contribution is -0.384. The summed E-state index contributed by atoms with van der Waals surface area (Å²) in [6.07, 6.45) is 1.64. The van der Waals surface area contributed by atoms with Crippen molar-refractivity contribution >= 4 is 44.2 Å². The van der Waals surface area contributed by atoms with Crippen molar-refractivity contribution in [3.63, 3.8) is 0 Å². The molecule has 3 aromatic rings. The van der Waals surface area contributed by atoms with Gasteiger partial charge in [-0.05, 0) is 40.2 Å². The zero-order chi connectivity index (χ0) is 18.0. The van der Waals surface area contributed by atoms with Gasteiger partial charge in [-0.2, -0.15) is 0 Å². The Kier molecular flexibility index (Phi) is 4.71. The van der Waals surface area contributed by atoms with Crippen LogP contribution in [-0.2, 0) is 11.2 Å². The van der Waals surface area contributed by atoms with Crippen molar-refractivity contribution in [1.82, 2.24) is 0 Å². The topological polar surface area (TPSA) is 94.6 Å². The van der Waals surface area contributed by atoms with Crippen molar-refractivity contribution in [2.45, 2.75) is 6.42 Å².